The van der Waals surface area contributed by atoms with Gasteiger partial charge in [-0.1, -0.05) is 0 Å². The van der Waals surface area contributed by atoms with Crippen LogP contribution in [-0.2, 0) is 0 Å². The number of nitrogen functional groups attached to an aromatic ring is 1. The molecule has 2 heterocycles. The topological polar surface area (TPSA) is 69.6 Å². The molecule has 0 bridgehead atoms. The molecule has 2 aromatic rings. The molecule has 14 heavy (non-hydrogen) atoms. The first-order chi connectivity index (χ1) is 6.77. The van der Waals surface area contributed by atoms with Crippen LogP contribution >= 0.6 is 15.9 Å². The van der Waals surface area contributed by atoms with Crippen molar-refractivity contribution in [3.8, 4) is 0 Å². The zero-order valence-corrected chi connectivity index (χ0v) is 8.90. The summed E-state index contributed by atoms with van der Waals surface area (Å²) in [5.41, 5.74) is 6.58. The molecule has 1 saturated carbocycles. The highest BCUT2D eigenvalue weighted by atomic mass is 79.9. The smallest absolute Gasteiger partial charge is 0.164 e. The van der Waals surface area contributed by atoms with Gasteiger partial charge in [0.15, 0.2) is 5.65 Å². The van der Waals surface area contributed by atoms with Gasteiger partial charge in [0.1, 0.15) is 16.7 Å². The maximum absolute atomic E-state index is 5.76. The van der Waals surface area contributed by atoms with Gasteiger partial charge in [-0.3, -0.25) is 0 Å². The third-order valence-electron chi connectivity index (χ3n) is 2.37. The summed E-state index contributed by atoms with van der Waals surface area (Å²) >= 11 is 3.37. The van der Waals surface area contributed by atoms with Crippen LogP contribution in [0.3, 0.4) is 0 Å². The van der Waals surface area contributed by atoms with Crippen molar-refractivity contribution in [3.63, 3.8) is 0 Å². The Kier molecular flexibility index (Phi) is 1.55. The van der Waals surface area contributed by atoms with Crippen LogP contribution < -0.4 is 5.73 Å². The molecule has 72 valence electrons. The van der Waals surface area contributed by atoms with Gasteiger partial charge in [-0.05, 0) is 28.8 Å². The molecule has 5 nitrogen and oxygen atoms in total. The predicted molar refractivity (Wildman–Crippen MR) is 55.7 cm³/mol. The average molecular weight is 254 g/mol. The van der Waals surface area contributed by atoms with Crippen LogP contribution in [0, 0.1) is 0 Å². The monoisotopic (exact) mass is 253 g/mol. The summed E-state index contributed by atoms with van der Waals surface area (Å²) in [6.07, 6.45) is 3.82. The second kappa shape index (κ2) is 2.66. The second-order valence-corrected chi connectivity index (χ2v) is 4.18. The van der Waals surface area contributed by atoms with Crippen molar-refractivity contribution in [1.82, 2.24) is 19.7 Å². The molecule has 1 aliphatic rings. The fraction of sp³-hybridized carbons (Fsp3) is 0.375. The highest BCUT2D eigenvalue weighted by molar-refractivity contribution is 9.10. The molecule has 1 aliphatic carbocycles. The number of nitrogens with two attached hydrogens (primary N) is 1. The Morgan fingerprint density at radius 3 is 2.93 bits per heavy atom. The van der Waals surface area contributed by atoms with Crippen molar-refractivity contribution in [2.45, 2.75) is 18.9 Å². The molecule has 3 rings (SSSR count). The number of anilines is 1. The van der Waals surface area contributed by atoms with Gasteiger partial charge in [0, 0.05) is 0 Å². The average Bonchev–Trinajstić information content (AvgIpc) is 2.93. The Bertz CT molecular complexity index is 502. The quantitative estimate of drug-likeness (QED) is 0.837. The Hall–Kier alpha value is -1.17. The number of fused-ring (bicyclic) bond motifs is 1. The summed E-state index contributed by atoms with van der Waals surface area (Å²) < 4.78 is 2.66. The van der Waals surface area contributed by atoms with Crippen LogP contribution in [0.2, 0.25) is 0 Å². The van der Waals surface area contributed by atoms with E-state index < -0.39 is 0 Å². The zero-order chi connectivity index (χ0) is 9.71. The highest BCUT2D eigenvalue weighted by Crippen LogP contribution is 2.38. The molecule has 2 N–H and O–H groups in total. The van der Waals surface area contributed by atoms with E-state index in [4.69, 9.17) is 5.73 Å². The van der Waals surface area contributed by atoms with Crippen LogP contribution in [0.25, 0.3) is 11.0 Å². The summed E-state index contributed by atoms with van der Waals surface area (Å²) in [4.78, 5) is 8.15. The van der Waals surface area contributed by atoms with Gasteiger partial charge in [-0.25, -0.2) is 14.6 Å². The maximum atomic E-state index is 5.76. The molecule has 6 heteroatoms. The van der Waals surface area contributed by atoms with Crippen molar-refractivity contribution in [2.24, 2.45) is 0 Å². The van der Waals surface area contributed by atoms with Crippen LogP contribution in [0.15, 0.2) is 10.9 Å². The van der Waals surface area contributed by atoms with Crippen molar-refractivity contribution in [2.75, 3.05) is 5.73 Å². The van der Waals surface area contributed by atoms with Gasteiger partial charge in [0.05, 0.1) is 11.4 Å². The first-order valence-electron chi connectivity index (χ1n) is 4.41. The van der Waals surface area contributed by atoms with E-state index in [0.717, 1.165) is 15.6 Å². The molecule has 0 radical (unpaired) electrons. The SMILES string of the molecule is Nc1ncnc2c1c(Br)nn2C1CC1. The Morgan fingerprint density at radius 2 is 2.21 bits per heavy atom. The largest absolute Gasteiger partial charge is 0.383 e. The Morgan fingerprint density at radius 1 is 1.43 bits per heavy atom. The molecule has 0 unspecified atom stereocenters. The molecule has 0 saturated heterocycles. The zero-order valence-electron chi connectivity index (χ0n) is 7.31. The number of hydrogen-bond donors (Lipinski definition) is 1. The normalized spacial score (nSPS) is 16.4. The lowest BCUT2D eigenvalue weighted by Crippen LogP contribution is -1.98. The van der Waals surface area contributed by atoms with Crippen LogP contribution in [0.5, 0.6) is 0 Å². The standard InChI is InChI=1S/C8H8BrN5/c9-6-5-7(10)11-3-12-8(5)14(13-6)4-1-2-4/h3-4H,1-2H2,(H2,10,11,12). The summed E-state index contributed by atoms with van der Waals surface area (Å²) in [5, 5.41) is 5.18. The lowest BCUT2D eigenvalue weighted by atomic mass is 10.4. The molecule has 0 amide bonds. The van der Waals surface area contributed by atoms with Crippen molar-refractivity contribution in [1.29, 1.82) is 0 Å². The van der Waals surface area contributed by atoms with E-state index in [9.17, 15) is 0 Å². The minimum atomic E-state index is 0.480. The fourth-order valence-electron chi connectivity index (χ4n) is 1.53. The summed E-state index contributed by atoms with van der Waals surface area (Å²) in [6.45, 7) is 0. The van der Waals surface area contributed by atoms with Gasteiger partial charge in [-0.2, -0.15) is 5.10 Å². The van der Waals surface area contributed by atoms with Crippen LogP contribution in [0.4, 0.5) is 5.82 Å². The number of nitrogens with zero attached hydrogens (tertiary/aromatic N) is 4. The van der Waals surface area contributed by atoms with E-state index >= 15 is 0 Å². The van der Waals surface area contributed by atoms with Crippen molar-refractivity contribution >= 4 is 32.8 Å². The van der Waals surface area contributed by atoms with Gasteiger partial charge in [0.2, 0.25) is 0 Å². The van der Waals surface area contributed by atoms with Gasteiger partial charge in [-0.15, -0.1) is 0 Å². The third kappa shape index (κ3) is 1.03. The number of rotatable bonds is 1. The van der Waals surface area contributed by atoms with Crippen LogP contribution in [0.1, 0.15) is 18.9 Å². The lowest BCUT2D eigenvalue weighted by molar-refractivity contribution is 0.653. The van der Waals surface area contributed by atoms with Gasteiger partial charge >= 0.3 is 0 Å². The lowest BCUT2D eigenvalue weighted by Gasteiger charge is -1.98. The molecule has 1 fully saturated rings. The van der Waals surface area contributed by atoms with Gasteiger partial charge in [0.25, 0.3) is 0 Å². The first-order valence-corrected chi connectivity index (χ1v) is 5.21. The van der Waals surface area contributed by atoms with Crippen molar-refractivity contribution < 1.29 is 0 Å². The van der Waals surface area contributed by atoms with E-state index in [1.165, 1.54) is 19.2 Å². The molecular formula is C8H8BrN5. The minimum Gasteiger partial charge on any atom is -0.383 e. The van der Waals surface area contributed by atoms with E-state index in [-0.39, 0.29) is 0 Å². The van der Waals surface area contributed by atoms with Crippen molar-refractivity contribution in [3.05, 3.63) is 10.9 Å². The Balaban J connectivity index is 2.37. The highest BCUT2D eigenvalue weighted by Gasteiger charge is 2.28. The predicted octanol–water partition coefficient (Wildman–Crippen LogP) is 1.51. The maximum Gasteiger partial charge on any atom is 0.164 e. The third-order valence-corrected chi connectivity index (χ3v) is 2.92. The Labute approximate surface area is 88.5 Å². The molecule has 0 atom stereocenters. The van der Waals surface area contributed by atoms with E-state index in [2.05, 4.69) is 31.0 Å². The number of halogens is 1. The van der Waals surface area contributed by atoms with E-state index in [1.54, 1.807) is 0 Å². The summed E-state index contributed by atoms with van der Waals surface area (Å²) in [5.74, 6) is 0.480. The minimum absolute atomic E-state index is 0.480. The first kappa shape index (κ1) is 8.16. The molecule has 0 aromatic carbocycles. The van der Waals surface area contributed by atoms with E-state index in [0.29, 0.717) is 11.9 Å². The molecule has 0 spiro atoms. The molecule has 2 aromatic heterocycles. The van der Waals surface area contributed by atoms with Crippen LogP contribution in [-0.4, -0.2) is 19.7 Å². The summed E-state index contributed by atoms with van der Waals surface area (Å²) in [6, 6.07) is 0.498. The molecular weight excluding hydrogens is 246 g/mol. The number of aromatic nitrogens is 4. The fourth-order valence-corrected chi connectivity index (χ4v) is 2.08. The second-order valence-electron chi connectivity index (χ2n) is 3.42. The van der Waals surface area contributed by atoms with E-state index in [1.807, 2.05) is 4.68 Å². The summed E-state index contributed by atoms with van der Waals surface area (Å²) in [7, 11) is 0. The molecule has 0 aliphatic heterocycles. The van der Waals surface area contributed by atoms with Gasteiger partial charge < -0.3 is 5.73 Å². The number of hydrogen-bond acceptors (Lipinski definition) is 4.